The quantitative estimate of drug-likeness (QED) is 0.888. The lowest BCUT2D eigenvalue weighted by atomic mass is 10.3. The van der Waals surface area contributed by atoms with Crippen molar-refractivity contribution in [1.29, 1.82) is 0 Å². The summed E-state index contributed by atoms with van der Waals surface area (Å²) >= 11 is 1.62. The third-order valence-electron chi connectivity index (χ3n) is 2.33. The van der Waals surface area contributed by atoms with Crippen LogP contribution in [0.2, 0.25) is 0 Å². The van der Waals surface area contributed by atoms with E-state index in [1.54, 1.807) is 24.5 Å². The molecule has 0 aliphatic heterocycles. The number of nitrogens with zero attached hydrogens (tertiary/aromatic N) is 3. The van der Waals surface area contributed by atoms with Gasteiger partial charge >= 0.3 is 0 Å². The van der Waals surface area contributed by atoms with Crippen molar-refractivity contribution in [3.63, 3.8) is 0 Å². The summed E-state index contributed by atoms with van der Waals surface area (Å²) in [4.78, 5) is 13.9. The highest BCUT2D eigenvalue weighted by Gasteiger charge is 2.10. The molecule has 0 aromatic carbocycles. The predicted molar refractivity (Wildman–Crippen MR) is 67.2 cm³/mol. The van der Waals surface area contributed by atoms with E-state index in [1.165, 1.54) is 11.2 Å². The Bertz CT molecular complexity index is 512. The minimum atomic E-state index is 0.545. The van der Waals surface area contributed by atoms with Crippen molar-refractivity contribution in [2.75, 3.05) is 13.7 Å². The second kappa shape index (κ2) is 5.20. The minimum Gasteiger partial charge on any atom is -0.481 e. The molecule has 2 aromatic heterocycles. The summed E-state index contributed by atoms with van der Waals surface area (Å²) < 4.78 is 5.07. The van der Waals surface area contributed by atoms with Gasteiger partial charge in [-0.1, -0.05) is 0 Å². The van der Waals surface area contributed by atoms with Crippen molar-refractivity contribution in [2.45, 2.75) is 13.3 Å². The van der Waals surface area contributed by atoms with Crippen LogP contribution in [0.25, 0.3) is 10.7 Å². The Balaban J connectivity index is 2.35. The summed E-state index contributed by atoms with van der Waals surface area (Å²) in [6.07, 6.45) is 2.33. The Morgan fingerprint density at radius 3 is 2.94 bits per heavy atom. The molecule has 0 aliphatic carbocycles. The van der Waals surface area contributed by atoms with Gasteiger partial charge in [-0.3, -0.25) is 0 Å². The SMILES string of the molecule is COc1cc(-c2nc(C)c(CCN)s2)ncn1. The summed E-state index contributed by atoms with van der Waals surface area (Å²) in [5, 5.41) is 0.881. The molecule has 0 amide bonds. The number of rotatable bonds is 4. The van der Waals surface area contributed by atoms with Crippen molar-refractivity contribution >= 4 is 11.3 Å². The number of hydrogen-bond donors (Lipinski definition) is 1. The molecule has 2 rings (SSSR count). The van der Waals surface area contributed by atoms with Crippen LogP contribution in [-0.4, -0.2) is 28.6 Å². The predicted octanol–water partition coefficient (Wildman–Crippen LogP) is 1.42. The summed E-state index contributed by atoms with van der Waals surface area (Å²) in [6, 6.07) is 1.78. The van der Waals surface area contributed by atoms with Gasteiger partial charge in [-0.25, -0.2) is 15.0 Å². The van der Waals surface area contributed by atoms with Crippen LogP contribution < -0.4 is 10.5 Å². The van der Waals surface area contributed by atoms with E-state index in [0.717, 1.165) is 22.8 Å². The van der Waals surface area contributed by atoms with Crippen molar-refractivity contribution in [1.82, 2.24) is 15.0 Å². The first kappa shape index (κ1) is 11.9. The third-order valence-corrected chi connectivity index (χ3v) is 3.57. The largest absolute Gasteiger partial charge is 0.481 e. The maximum absolute atomic E-state index is 5.56. The normalized spacial score (nSPS) is 10.5. The van der Waals surface area contributed by atoms with Crippen molar-refractivity contribution in [2.24, 2.45) is 5.73 Å². The Morgan fingerprint density at radius 2 is 2.24 bits per heavy atom. The molecule has 2 heterocycles. The summed E-state index contributed by atoms with van der Waals surface area (Å²) in [6.45, 7) is 2.62. The molecule has 17 heavy (non-hydrogen) atoms. The molecule has 0 radical (unpaired) electrons. The van der Waals surface area contributed by atoms with Crippen LogP contribution in [-0.2, 0) is 6.42 Å². The first-order chi connectivity index (χ1) is 8.24. The van der Waals surface area contributed by atoms with E-state index in [1.807, 2.05) is 6.92 Å². The molecule has 0 fully saturated rings. The van der Waals surface area contributed by atoms with Crippen LogP contribution in [0, 0.1) is 6.92 Å². The van der Waals surface area contributed by atoms with Crippen LogP contribution in [0.15, 0.2) is 12.4 Å². The zero-order valence-electron chi connectivity index (χ0n) is 9.80. The first-order valence-electron chi connectivity index (χ1n) is 5.27. The van der Waals surface area contributed by atoms with Crippen LogP contribution in [0.4, 0.5) is 0 Å². The molecule has 2 aromatic rings. The van der Waals surface area contributed by atoms with Gasteiger partial charge in [-0.15, -0.1) is 11.3 Å². The summed E-state index contributed by atoms with van der Waals surface area (Å²) in [7, 11) is 1.58. The van der Waals surface area contributed by atoms with E-state index in [-0.39, 0.29) is 0 Å². The van der Waals surface area contributed by atoms with Gasteiger partial charge < -0.3 is 10.5 Å². The fraction of sp³-hybridized carbons (Fsp3) is 0.364. The lowest BCUT2D eigenvalue weighted by Gasteiger charge is -1.98. The van der Waals surface area contributed by atoms with Gasteiger partial charge in [-0.2, -0.15) is 0 Å². The zero-order valence-corrected chi connectivity index (χ0v) is 10.6. The Morgan fingerprint density at radius 1 is 1.41 bits per heavy atom. The van der Waals surface area contributed by atoms with E-state index in [4.69, 9.17) is 10.5 Å². The van der Waals surface area contributed by atoms with Crippen molar-refractivity contribution in [3.05, 3.63) is 23.0 Å². The Labute approximate surface area is 104 Å². The number of aryl methyl sites for hydroxylation is 1. The molecule has 90 valence electrons. The second-order valence-corrected chi connectivity index (χ2v) is 4.60. The second-order valence-electron chi connectivity index (χ2n) is 3.51. The molecule has 6 heteroatoms. The van der Waals surface area contributed by atoms with Gasteiger partial charge in [0.05, 0.1) is 12.8 Å². The molecule has 0 aliphatic rings. The molecular weight excluding hydrogens is 236 g/mol. The van der Waals surface area contributed by atoms with E-state index in [2.05, 4.69) is 15.0 Å². The van der Waals surface area contributed by atoms with Gasteiger partial charge in [0, 0.05) is 10.9 Å². The lowest BCUT2D eigenvalue weighted by Crippen LogP contribution is -2.01. The average Bonchev–Trinajstić information content (AvgIpc) is 2.72. The molecule has 0 unspecified atom stereocenters. The van der Waals surface area contributed by atoms with E-state index in [0.29, 0.717) is 12.4 Å². The summed E-state index contributed by atoms with van der Waals surface area (Å²) in [5.41, 5.74) is 7.36. The Hall–Kier alpha value is -1.53. The lowest BCUT2D eigenvalue weighted by molar-refractivity contribution is 0.397. The third kappa shape index (κ3) is 2.59. The molecule has 5 nitrogen and oxygen atoms in total. The number of methoxy groups -OCH3 is 1. The molecular formula is C11H14N4OS. The molecule has 0 saturated heterocycles. The molecule has 0 spiro atoms. The maximum Gasteiger partial charge on any atom is 0.216 e. The number of nitrogens with two attached hydrogens (primary N) is 1. The number of hydrogen-bond acceptors (Lipinski definition) is 6. The van der Waals surface area contributed by atoms with Crippen molar-refractivity contribution < 1.29 is 4.74 Å². The highest BCUT2D eigenvalue weighted by molar-refractivity contribution is 7.15. The highest BCUT2D eigenvalue weighted by Crippen LogP contribution is 2.27. The van der Waals surface area contributed by atoms with Crippen LogP contribution in [0.5, 0.6) is 5.88 Å². The fourth-order valence-corrected chi connectivity index (χ4v) is 2.51. The number of thiazole rings is 1. The van der Waals surface area contributed by atoms with Gasteiger partial charge in [0.15, 0.2) is 0 Å². The van der Waals surface area contributed by atoms with Crippen LogP contribution in [0.1, 0.15) is 10.6 Å². The van der Waals surface area contributed by atoms with E-state index < -0.39 is 0 Å². The van der Waals surface area contributed by atoms with Gasteiger partial charge in [0.1, 0.15) is 17.0 Å². The van der Waals surface area contributed by atoms with Gasteiger partial charge in [-0.05, 0) is 19.9 Å². The van der Waals surface area contributed by atoms with Crippen LogP contribution in [0.3, 0.4) is 0 Å². The summed E-state index contributed by atoms with van der Waals surface area (Å²) in [5.74, 6) is 0.545. The van der Waals surface area contributed by atoms with Gasteiger partial charge in [0.2, 0.25) is 5.88 Å². The Kier molecular flexibility index (Phi) is 3.65. The van der Waals surface area contributed by atoms with Crippen LogP contribution >= 0.6 is 11.3 Å². The van der Waals surface area contributed by atoms with Gasteiger partial charge in [0.25, 0.3) is 0 Å². The monoisotopic (exact) mass is 250 g/mol. The standard InChI is InChI=1S/C11H14N4OS/c1-7-9(3-4-12)17-11(15-7)8-5-10(16-2)14-6-13-8/h5-6H,3-4,12H2,1-2H3. The fourth-order valence-electron chi connectivity index (χ4n) is 1.47. The molecule has 0 atom stereocenters. The topological polar surface area (TPSA) is 73.9 Å². The number of ether oxygens (including phenoxy) is 1. The first-order valence-corrected chi connectivity index (χ1v) is 6.09. The molecule has 2 N–H and O–H groups in total. The molecule has 0 saturated carbocycles. The minimum absolute atomic E-state index is 0.545. The zero-order chi connectivity index (χ0) is 12.3. The number of aromatic nitrogens is 3. The molecule has 0 bridgehead atoms. The highest BCUT2D eigenvalue weighted by atomic mass is 32.1. The maximum atomic E-state index is 5.56. The van der Waals surface area contributed by atoms with E-state index >= 15 is 0 Å². The van der Waals surface area contributed by atoms with E-state index in [9.17, 15) is 0 Å². The van der Waals surface area contributed by atoms with Crippen molar-refractivity contribution in [3.8, 4) is 16.6 Å². The smallest absolute Gasteiger partial charge is 0.216 e. The average molecular weight is 250 g/mol.